The second-order valence-corrected chi connectivity index (χ2v) is 11.6. The predicted octanol–water partition coefficient (Wildman–Crippen LogP) is 5.91. The topological polar surface area (TPSA) is 86.7 Å². The zero-order valence-electron chi connectivity index (χ0n) is 19.4. The van der Waals surface area contributed by atoms with Gasteiger partial charge in [0.15, 0.2) is 0 Å². The van der Waals surface area contributed by atoms with Crippen LogP contribution < -0.4 is 5.73 Å². The number of rotatable bonds is 19. The summed E-state index contributed by atoms with van der Waals surface area (Å²) in [6, 6.07) is 0. The highest BCUT2D eigenvalue weighted by Gasteiger charge is 2.46. The average molecular weight is 418 g/mol. The van der Waals surface area contributed by atoms with E-state index in [1.807, 2.05) is 20.8 Å². The van der Waals surface area contributed by atoms with Crippen LogP contribution in [0.3, 0.4) is 0 Å². The SMILES string of the molecule is CCCCCCCCCCCCCCCCC(C(CC)[Si](O)(O)O)C(C)(C)N. The summed E-state index contributed by atoms with van der Waals surface area (Å²) in [4.78, 5) is 29.5. The zero-order chi connectivity index (χ0) is 21.5. The highest BCUT2D eigenvalue weighted by atomic mass is 28.4. The van der Waals surface area contributed by atoms with E-state index in [1.54, 1.807) is 0 Å². The van der Waals surface area contributed by atoms with Crippen molar-refractivity contribution in [3.8, 4) is 0 Å². The first kappa shape index (κ1) is 28.1. The zero-order valence-corrected chi connectivity index (χ0v) is 20.4. The van der Waals surface area contributed by atoms with Crippen molar-refractivity contribution >= 4 is 8.80 Å². The Labute approximate surface area is 176 Å². The van der Waals surface area contributed by atoms with Crippen molar-refractivity contribution in [2.45, 2.75) is 142 Å². The molecule has 0 aliphatic rings. The number of nitrogens with two attached hydrogens (primary N) is 1. The Balaban J connectivity index is 3.79. The van der Waals surface area contributed by atoms with Crippen LogP contribution in [-0.4, -0.2) is 28.7 Å². The Kier molecular flexibility index (Phi) is 15.9. The van der Waals surface area contributed by atoms with E-state index in [2.05, 4.69) is 6.92 Å². The minimum atomic E-state index is -4.15. The molecule has 0 radical (unpaired) electrons. The number of hydrogen-bond donors (Lipinski definition) is 4. The van der Waals surface area contributed by atoms with Gasteiger partial charge in [0.1, 0.15) is 0 Å². The molecule has 0 aromatic heterocycles. The summed E-state index contributed by atoms with van der Waals surface area (Å²) in [5.41, 5.74) is 5.31. The molecule has 0 amide bonds. The Morgan fingerprint density at radius 2 is 1.04 bits per heavy atom. The fraction of sp³-hybridized carbons (Fsp3) is 1.00. The molecular weight excluding hydrogens is 366 g/mol. The minimum Gasteiger partial charge on any atom is -0.390 e. The summed E-state index contributed by atoms with van der Waals surface area (Å²) >= 11 is 0. The highest BCUT2D eigenvalue weighted by Crippen LogP contribution is 2.38. The molecule has 0 spiro atoms. The van der Waals surface area contributed by atoms with E-state index >= 15 is 0 Å². The van der Waals surface area contributed by atoms with Crippen molar-refractivity contribution < 1.29 is 14.4 Å². The van der Waals surface area contributed by atoms with Crippen molar-refractivity contribution in [1.29, 1.82) is 0 Å². The molecule has 0 saturated heterocycles. The first-order valence-electron chi connectivity index (χ1n) is 12.1. The Hall–Kier alpha value is 0.0569. The third-order valence-corrected chi connectivity index (χ3v) is 8.05. The van der Waals surface area contributed by atoms with Crippen LogP contribution in [0.2, 0.25) is 5.54 Å². The van der Waals surface area contributed by atoms with Crippen LogP contribution >= 0.6 is 0 Å². The van der Waals surface area contributed by atoms with Gasteiger partial charge in [-0.25, -0.2) is 0 Å². The lowest BCUT2D eigenvalue weighted by Gasteiger charge is -2.38. The molecule has 0 aromatic rings. The fourth-order valence-corrected chi connectivity index (χ4v) is 6.16. The summed E-state index contributed by atoms with van der Waals surface area (Å²) in [5.74, 6) is -0.0542. The van der Waals surface area contributed by atoms with Crippen LogP contribution in [0.25, 0.3) is 0 Å². The molecule has 2 unspecified atom stereocenters. The van der Waals surface area contributed by atoms with Gasteiger partial charge >= 0.3 is 8.80 Å². The normalized spacial score (nSPS) is 15.0. The second-order valence-electron chi connectivity index (χ2n) is 9.51. The van der Waals surface area contributed by atoms with Gasteiger partial charge < -0.3 is 20.1 Å². The van der Waals surface area contributed by atoms with E-state index in [0.29, 0.717) is 6.42 Å². The van der Waals surface area contributed by atoms with Crippen LogP contribution in [0, 0.1) is 5.92 Å². The lowest BCUT2D eigenvalue weighted by molar-refractivity contribution is 0.159. The Morgan fingerprint density at radius 3 is 1.32 bits per heavy atom. The van der Waals surface area contributed by atoms with Crippen LogP contribution in [-0.2, 0) is 0 Å². The molecule has 0 saturated carbocycles. The van der Waals surface area contributed by atoms with E-state index in [9.17, 15) is 14.4 Å². The van der Waals surface area contributed by atoms with Gasteiger partial charge in [0.2, 0.25) is 0 Å². The first-order chi connectivity index (χ1) is 13.1. The Bertz CT molecular complexity index is 353. The molecule has 28 heavy (non-hydrogen) atoms. The average Bonchev–Trinajstić information content (AvgIpc) is 2.59. The molecule has 0 aromatic carbocycles. The van der Waals surface area contributed by atoms with E-state index in [4.69, 9.17) is 5.73 Å². The largest absolute Gasteiger partial charge is 0.496 e. The molecule has 5 heteroatoms. The molecular formula is C23H51NO3Si. The van der Waals surface area contributed by atoms with Crippen molar-refractivity contribution in [2.24, 2.45) is 11.7 Å². The fourth-order valence-electron chi connectivity index (χ4n) is 4.48. The van der Waals surface area contributed by atoms with Crippen molar-refractivity contribution in [3.63, 3.8) is 0 Å². The molecule has 5 N–H and O–H groups in total. The van der Waals surface area contributed by atoms with E-state index in [-0.39, 0.29) is 5.92 Å². The van der Waals surface area contributed by atoms with Gasteiger partial charge in [0.05, 0.1) is 0 Å². The van der Waals surface area contributed by atoms with Crippen molar-refractivity contribution in [3.05, 3.63) is 0 Å². The minimum absolute atomic E-state index is 0.0542. The third-order valence-electron chi connectivity index (χ3n) is 6.25. The number of hydrogen-bond acceptors (Lipinski definition) is 4. The maximum Gasteiger partial charge on any atom is 0.496 e. The Morgan fingerprint density at radius 1 is 0.679 bits per heavy atom. The lowest BCUT2D eigenvalue weighted by Crippen LogP contribution is -2.52. The molecule has 0 fully saturated rings. The van der Waals surface area contributed by atoms with Crippen LogP contribution in [0.5, 0.6) is 0 Å². The molecule has 2 atom stereocenters. The maximum atomic E-state index is 9.82. The van der Waals surface area contributed by atoms with Gasteiger partial charge in [0, 0.05) is 11.1 Å². The number of unbranched alkanes of at least 4 members (excludes halogenated alkanes) is 13. The molecule has 0 heterocycles. The molecule has 0 bridgehead atoms. The van der Waals surface area contributed by atoms with E-state index in [1.165, 1.54) is 77.0 Å². The van der Waals surface area contributed by atoms with E-state index < -0.39 is 19.9 Å². The predicted molar refractivity (Wildman–Crippen MR) is 123 cm³/mol. The summed E-state index contributed by atoms with van der Waals surface area (Å²) in [5, 5.41) is 0. The summed E-state index contributed by atoms with van der Waals surface area (Å²) in [6.45, 7) is 8.04. The maximum absolute atomic E-state index is 9.82. The van der Waals surface area contributed by atoms with Gasteiger partial charge in [-0.15, -0.1) is 0 Å². The van der Waals surface area contributed by atoms with Crippen molar-refractivity contribution in [2.75, 3.05) is 0 Å². The third kappa shape index (κ3) is 14.1. The van der Waals surface area contributed by atoms with Gasteiger partial charge in [-0.2, -0.15) is 0 Å². The monoisotopic (exact) mass is 417 g/mol. The van der Waals surface area contributed by atoms with Gasteiger partial charge in [-0.1, -0.05) is 104 Å². The van der Waals surface area contributed by atoms with Gasteiger partial charge in [0.25, 0.3) is 0 Å². The summed E-state index contributed by atoms with van der Waals surface area (Å²) in [6.07, 6.45) is 20.0. The highest BCUT2D eigenvalue weighted by molar-refractivity contribution is 6.58. The first-order valence-corrected chi connectivity index (χ1v) is 14.0. The standard InChI is InChI=1S/C23H51NO3Si/c1-5-7-8-9-10-11-12-13-14-15-16-17-18-19-20-21(23(3,4)24)22(6-2)28(25,26)27/h21-22,25-27H,5-20,24H2,1-4H3. The molecule has 0 rings (SSSR count). The van der Waals surface area contributed by atoms with E-state index in [0.717, 1.165) is 19.3 Å². The van der Waals surface area contributed by atoms with Gasteiger partial charge in [-0.05, 0) is 32.6 Å². The van der Waals surface area contributed by atoms with Crippen LogP contribution in [0.1, 0.15) is 130 Å². The van der Waals surface area contributed by atoms with Gasteiger partial charge in [-0.3, -0.25) is 0 Å². The van der Waals surface area contributed by atoms with Crippen molar-refractivity contribution in [1.82, 2.24) is 0 Å². The second kappa shape index (κ2) is 15.8. The van der Waals surface area contributed by atoms with Crippen LogP contribution in [0.15, 0.2) is 0 Å². The summed E-state index contributed by atoms with van der Waals surface area (Å²) in [7, 11) is -4.15. The molecule has 170 valence electrons. The summed E-state index contributed by atoms with van der Waals surface area (Å²) < 4.78 is 0. The smallest absolute Gasteiger partial charge is 0.390 e. The lowest BCUT2D eigenvalue weighted by atomic mass is 9.80. The molecule has 0 aliphatic heterocycles. The van der Waals surface area contributed by atoms with Crippen LogP contribution in [0.4, 0.5) is 0 Å². The quantitative estimate of drug-likeness (QED) is 0.155. The molecule has 0 aliphatic carbocycles. The molecule has 4 nitrogen and oxygen atoms in total.